The van der Waals surface area contributed by atoms with E-state index in [0.29, 0.717) is 17.1 Å². The maximum absolute atomic E-state index is 14.9. The SMILES string of the molecule is CC1=C(CC(=O)O)C2=C(S(=O)(=O)c3ccc(Nc4cccc(S(C)(=O)=O)c4)nc3)C(F)=CCC2=N1. The van der Waals surface area contributed by atoms with Crippen LogP contribution in [0.5, 0.6) is 0 Å². The first-order chi connectivity index (χ1) is 16.4. The van der Waals surface area contributed by atoms with E-state index >= 15 is 0 Å². The summed E-state index contributed by atoms with van der Waals surface area (Å²) in [6.07, 6.45) is 2.79. The Hall–Kier alpha value is -3.64. The number of pyridine rings is 1. The molecule has 0 spiro atoms. The van der Waals surface area contributed by atoms with Crippen molar-refractivity contribution in [3.05, 3.63) is 76.2 Å². The molecule has 1 aromatic carbocycles. The number of sulfone groups is 2. The molecule has 0 saturated carbocycles. The molecule has 35 heavy (non-hydrogen) atoms. The van der Waals surface area contributed by atoms with Gasteiger partial charge in [-0.25, -0.2) is 26.2 Å². The number of nitrogens with zero attached hydrogens (tertiary/aromatic N) is 2. The minimum absolute atomic E-state index is 0.00954. The summed E-state index contributed by atoms with van der Waals surface area (Å²) in [6.45, 7) is 1.56. The fourth-order valence-electron chi connectivity index (χ4n) is 3.81. The smallest absolute Gasteiger partial charge is 0.307 e. The number of fused-ring (bicyclic) bond motifs is 1. The lowest BCUT2D eigenvalue weighted by Crippen LogP contribution is -2.18. The molecule has 12 heteroatoms. The fraction of sp³-hybridized carbons (Fsp3) is 0.174. The molecule has 0 saturated heterocycles. The van der Waals surface area contributed by atoms with Gasteiger partial charge in [-0.1, -0.05) is 6.07 Å². The Kier molecular flexibility index (Phi) is 6.20. The van der Waals surface area contributed by atoms with Crippen molar-refractivity contribution in [1.82, 2.24) is 4.98 Å². The minimum Gasteiger partial charge on any atom is -0.481 e. The molecule has 2 heterocycles. The summed E-state index contributed by atoms with van der Waals surface area (Å²) < 4.78 is 65.3. The van der Waals surface area contributed by atoms with Crippen LogP contribution in [0.25, 0.3) is 0 Å². The van der Waals surface area contributed by atoms with Gasteiger partial charge in [0, 0.05) is 35.8 Å². The standard InChI is InChI=1S/C23H20FN3O6S2/c1-13-17(11-21(28)29)22-19(26-13)8-7-18(24)23(22)35(32,33)16-6-9-20(25-12-16)27-14-4-3-5-15(10-14)34(2,30)31/h3-7,9-10,12H,8,11H2,1-2H3,(H,25,27)(H,28,29). The van der Waals surface area contributed by atoms with Crippen LogP contribution < -0.4 is 5.32 Å². The highest BCUT2D eigenvalue weighted by molar-refractivity contribution is 7.95. The summed E-state index contributed by atoms with van der Waals surface area (Å²) >= 11 is 0. The molecule has 0 radical (unpaired) electrons. The van der Waals surface area contributed by atoms with E-state index in [1.807, 2.05) is 0 Å². The molecule has 1 aliphatic carbocycles. The predicted molar refractivity (Wildman–Crippen MR) is 127 cm³/mol. The number of carboxylic acids is 1. The van der Waals surface area contributed by atoms with Crippen LogP contribution in [-0.4, -0.2) is 44.9 Å². The van der Waals surface area contributed by atoms with Gasteiger partial charge in [-0.15, -0.1) is 0 Å². The largest absolute Gasteiger partial charge is 0.481 e. The van der Waals surface area contributed by atoms with E-state index in [1.54, 1.807) is 19.1 Å². The molecule has 2 N–H and O–H groups in total. The van der Waals surface area contributed by atoms with Crippen LogP contribution in [0.15, 0.2) is 91.0 Å². The van der Waals surface area contributed by atoms with Crippen molar-refractivity contribution in [3.63, 3.8) is 0 Å². The lowest BCUT2D eigenvalue weighted by molar-refractivity contribution is -0.136. The monoisotopic (exact) mass is 517 g/mol. The average molecular weight is 518 g/mol. The van der Waals surface area contributed by atoms with Crippen molar-refractivity contribution in [2.75, 3.05) is 11.6 Å². The van der Waals surface area contributed by atoms with Crippen LogP contribution in [0.4, 0.5) is 15.9 Å². The van der Waals surface area contributed by atoms with Crippen molar-refractivity contribution >= 4 is 42.9 Å². The molecular formula is C23H20FN3O6S2. The number of hydrogen-bond donors (Lipinski definition) is 2. The first kappa shape index (κ1) is 24.5. The second kappa shape index (κ2) is 8.86. The number of halogens is 1. The summed E-state index contributed by atoms with van der Waals surface area (Å²) in [6, 6.07) is 8.62. The molecule has 0 atom stereocenters. The molecule has 1 aliphatic heterocycles. The van der Waals surface area contributed by atoms with Crippen LogP contribution in [0, 0.1) is 0 Å². The number of allylic oxidation sites excluding steroid dienone is 4. The number of hydrogen-bond acceptors (Lipinski definition) is 8. The van der Waals surface area contributed by atoms with Crippen LogP contribution in [-0.2, 0) is 24.5 Å². The molecule has 182 valence electrons. The molecule has 4 rings (SSSR count). The molecule has 9 nitrogen and oxygen atoms in total. The lowest BCUT2D eigenvalue weighted by atomic mass is 9.94. The van der Waals surface area contributed by atoms with Crippen LogP contribution in [0.1, 0.15) is 19.8 Å². The van der Waals surface area contributed by atoms with E-state index in [1.165, 1.54) is 24.3 Å². The van der Waals surface area contributed by atoms with Gasteiger partial charge in [0.2, 0.25) is 9.84 Å². The Balaban J connectivity index is 1.70. The third kappa shape index (κ3) is 4.80. The minimum atomic E-state index is -4.41. The Morgan fingerprint density at radius 1 is 1.14 bits per heavy atom. The quantitative estimate of drug-likeness (QED) is 0.566. The van der Waals surface area contributed by atoms with Crippen LogP contribution in [0.2, 0.25) is 0 Å². The zero-order valence-corrected chi connectivity index (χ0v) is 20.2. The van der Waals surface area contributed by atoms with Crippen molar-refractivity contribution in [2.45, 2.75) is 29.6 Å². The van der Waals surface area contributed by atoms with Gasteiger partial charge in [-0.05, 0) is 48.9 Å². The Morgan fingerprint density at radius 3 is 2.51 bits per heavy atom. The number of rotatable bonds is 7. The Bertz CT molecular complexity index is 1590. The molecular weight excluding hydrogens is 497 g/mol. The number of aliphatic imine (C=N–C) groups is 1. The van der Waals surface area contributed by atoms with E-state index in [2.05, 4.69) is 15.3 Å². The van der Waals surface area contributed by atoms with E-state index in [-0.39, 0.29) is 33.2 Å². The highest BCUT2D eigenvalue weighted by Gasteiger charge is 2.37. The summed E-state index contributed by atoms with van der Waals surface area (Å²) in [4.78, 5) is 18.8. The fourth-order valence-corrected chi connectivity index (χ4v) is 6.00. The van der Waals surface area contributed by atoms with Crippen LogP contribution >= 0.6 is 0 Å². The number of carboxylic acid groups (broad SMARTS) is 1. The number of anilines is 2. The predicted octanol–water partition coefficient (Wildman–Crippen LogP) is 3.72. The highest BCUT2D eigenvalue weighted by atomic mass is 32.2. The van der Waals surface area contributed by atoms with Gasteiger partial charge in [-0.3, -0.25) is 9.79 Å². The molecule has 0 bridgehead atoms. The number of benzene rings is 1. The molecule has 1 aromatic heterocycles. The van der Waals surface area contributed by atoms with Gasteiger partial charge in [0.15, 0.2) is 9.84 Å². The van der Waals surface area contributed by atoms with Gasteiger partial charge in [0.25, 0.3) is 0 Å². The number of carbonyl (C=O) groups is 1. The Morgan fingerprint density at radius 2 is 1.89 bits per heavy atom. The lowest BCUT2D eigenvalue weighted by Gasteiger charge is -2.18. The van der Waals surface area contributed by atoms with Crippen molar-refractivity contribution in [2.24, 2.45) is 4.99 Å². The Labute approximate surface area is 201 Å². The summed E-state index contributed by atoms with van der Waals surface area (Å²) in [5.74, 6) is -1.93. The first-order valence-corrected chi connectivity index (χ1v) is 13.6. The van der Waals surface area contributed by atoms with E-state index in [4.69, 9.17) is 0 Å². The zero-order valence-electron chi connectivity index (χ0n) is 18.6. The van der Waals surface area contributed by atoms with Gasteiger partial charge in [-0.2, -0.15) is 0 Å². The normalized spacial score (nSPS) is 16.1. The van der Waals surface area contributed by atoms with Crippen molar-refractivity contribution in [1.29, 1.82) is 0 Å². The second-order valence-corrected chi connectivity index (χ2v) is 11.9. The second-order valence-electron chi connectivity index (χ2n) is 7.96. The van der Waals surface area contributed by atoms with Crippen LogP contribution in [0.3, 0.4) is 0 Å². The zero-order chi connectivity index (χ0) is 25.5. The topological polar surface area (TPSA) is 143 Å². The maximum Gasteiger partial charge on any atom is 0.307 e. The maximum atomic E-state index is 14.9. The average Bonchev–Trinajstić information content (AvgIpc) is 3.08. The third-order valence-corrected chi connectivity index (χ3v) is 8.34. The summed E-state index contributed by atoms with van der Waals surface area (Å²) in [7, 11) is -7.83. The van der Waals surface area contributed by atoms with Crippen molar-refractivity contribution in [3.8, 4) is 0 Å². The van der Waals surface area contributed by atoms with Gasteiger partial charge >= 0.3 is 5.97 Å². The molecule has 0 amide bonds. The van der Waals surface area contributed by atoms with Crippen molar-refractivity contribution < 1.29 is 31.1 Å². The molecule has 2 aliphatic rings. The van der Waals surface area contributed by atoms with Gasteiger partial charge in [0.1, 0.15) is 16.5 Å². The summed E-state index contributed by atoms with van der Waals surface area (Å²) in [5.41, 5.74) is 1.21. The highest BCUT2D eigenvalue weighted by Crippen LogP contribution is 2.41. The van der Waals surface area contributed by atoms with E-state index < -0.39 is 42.8 Å². The molecule has 0 unspecified atom stereocenters. The third-order valence-electron chi connectivity index (χ3n) is 5.43. The first-order valence-electron chi connectivity index (χ1n) is 10.3. The molecule has 2 aromatic rings. The van der Waals surface area contributed by atoms with E-state index in [9.17, 15) is 31.1 Å². The summed E-state index contributed by atoms with van der Waals surface area (Å²) in [5, 5.41) is 12.1. The number of aliphatic carboxylic acids is 1. The number of nitrogens with one attached hydrogen (secondary N) is 1. The van der Waals surface area contributed by atoms with Gasteiger partial charge in [0.05, 0.1) is 21.9 Å². The van der Waals surface area contributed by atoms with Gasteiger partial charge < -0.3 is 10.4 Å². The van der Waals surface area contributed by atoms with E-state index in [0.717, 1.165) is 18.5 Å². The number of aromatic nitrogens is 1. The molecule has 0 fully saturated rings.